The summed E-state index contributed by atoms with van der Waals surface area (Å²) in [6.45, 7) is 3.56. The van der Waals surface area contributed by atoms with Crippen molar-refractivity contribution in [2.75, 3.05) is 25.1 Å². The first-order chi connectivity index (χ1) is 12.7. The van der Waals surface area contributed by atoms with Crippen LogP contribution in [0.3, 0.4) is 0 Å². The number of pyridine rings is 1. The van der Waals surface area contributed by atoms with Gasteiger partial charge in [0.05, 0.1) is 0 Å². The van der Waals surface area contributed by atoms with Crippen molar-refractivity contribution in [2.24, 2.45) is 0 Å². The highest BCUT2D eigenvalue weighted by molar-refractivity contribution is 5.92. The molecule has 0 unspecified atom stereocenters. The summed E-state index contributed by atoms with van der Waals surface area (Å²) in [6.07, 6.45) is 3.35. The van der Waals surface area contributed by atoms with E-state index in [9.17, 15) is 9.59 Å². The number of ether oxygens (including phenoxy) is 1. The fourth-order valence-electron chi connectivity index (χ4n) is 2.23. The number of rotatable bonds is 10. The second-order valence-electron chi connectivity index (χ2n) is 5.62. The first-order valence-corrected chi connectivity index (χ1v) is 8.51. The Bertz CT molecular complexity index is 707. The molecular weight excluding hydrogens is 332 g/mol. The number of carbonyl (C=O) groups excluding carboxylic acids is 2. The third kappa shape index (κ3) is 7.00. The summed E-state index contributed by atoms with van der Waals surface area (Å²) in [5.41, 5.74) is 2.64. The molecule has 2 aromatic rings. The van der Waals surface area contributed by atoms with Gasteiger partial charge in [0.2, 0.25) is 11.8 Å². The Morgan fingerprint density at radius 1 is 1.04 bits per heavy atom. The van der Waals surface area contributed by atoms with E-state index >= 15 is 0 Å². The molecule has 0 saturated carbocycles. The van der Waals surface area contributed by atoms with Crippen LogP contribution in [0.25, 0.3) is 0 Å². The molecule has 0 radical (unpaired) electrons. The summed E-state index contributed by atoms with van der Waals surface area (Å²) < 4.78 is 5.18. The monoisotopic (exact) mass is 356 g/mol. The third-order valence-corrected chi connectivity index (χ3v) is 3.54. The lowest BCUT2D eigenvalue weighted by Gasteiger charge is -2.11. The van der Waals surface area contributed by atoms with Gasteiger partial charge in [-0.05, 0) is 29.8 Å². The fourth-order valence-corrected chi connectivity index (χ4v) is 2.23. The maximum atomic E-state index is 12.0. The van der Waals surface area contributed by atoms with Crippen molar-refractivity contribution in [3.8, 4) is 0 Å². The number of para-hydroxylation sites is 1. The van der Waals surface area contributed by atoms with E-state index in [4.69, 9.17) is 4.74 Å². The predicted octanol–water partition coefficient (Wildman–Crippen LogP) is 1.46. The molecule has 2 amide bonds. The Balaban J connectivity index is 1.69. The summed E-state index contributed by atoms with van der Waals surface area (Å²) in [4.78, 5) is 27.7. The number of benzene rings is 1. The highest BCUT2D eigenvalue weighted by Crippen LogP contribution is 2.14. The molecule has 26 heavy (non-hydrogen) atoms. The second-order valence-corrected chi connectivity index (χ2v) is 5.62. The molecule has 0 aliphatic heterocycles. The molecule has 3 N–H and O–H groups in total. The lowest BCUT2D eigenvalue weighted by atomic mass is 10.1. The van der Waals surface area contributed by atoms with Gasteiger partial charge < -0.3 is 20.7 Å². The number of anilines is 1. The number of aromatic nitrogens is 1. The third-order valence-electron chi connectivity index (χ3n) is 3.54. The van der Waals surface area contributed by atoms with Crippen LogP contribution in [0.2, 0.25) is 0 Å². The van der Waals surface area contributed by atoms with Crippen molar-refractivity contribution in [3.05, 3.63) is 59.9 Å². The van der Waals surface area contributed by atoms with Crippen LogP contribution in [-0.2, 0) is 27.4 Å². The predicted molar refractivity (Wildman–Crippen MR) is 99.4 cm³/mol. The first kappa shape index (κ1) is 19.6. The average Bonchev–Trinajstić information content (AvgIpc) is 2.66. The van der Waals surface area contributed by atoms with Crippen LogP contribution in [0.1, 0.15) is 18.1 Å². The van der Waals surface area contributed by atoms with Gasteiger partial charge in [-0.3, -0.25) is 14.6 Å². The highest BCUT2D eigenvalue weighted by Gasteiger charge is 2.08. The zero-order chi connectivity index (χ0) is 18.6. The molecule has 0 spiro atoms. The molecule has 2 rings (SSSR count). The molecule has 1 heterocycles. The summed E-state index contributed by atoms with van der Waals surface area (Å²) in [5, 5.41) is 8.74. The van der Waals surface area contributed by atoms with E-state index in [-0.39, 0.29) is 25.0 Å². The van der Waals surface area contributed by atoms with Crippen molar-refractivity contribution in [2.45, 2.75) is 20.0 Å². The van der Waals surface area contributed by atoms with Gasteiger partial charge in [0.25, 0.3) is 0 Å². The van der Waals surface area contributed by atoms with Crippen molar-refractivity contribution >= 4 is 17.5 Å². The number of carbonyl (C=O) groups is 2. The molecule has 0 atom stereocenters. The molecular formula is C19H24N4O3. The van der Waals surface area contributed by atoms with Crippen LogP contribution in [-0.4, -0.2) is 36.6 Å². The standard InChI is InChI=1S/C19H24N4O3/c1-2-20-12-16-7-3-4-8-17(16)23-19(25)14-26-13-18(24)22-11-15-6-5-9-21-10-15/h3-10,20H,2,11-14H2,1H3,(H,22,24)(H,23,25). The number of nitrogens with zero attached hydrogens (tertiary/aromatic N) is 1. The van der Waals surface area contributed by atoms with Crippen LogP contribution < -0.4 is 16.0 Å². The molecule has 0 saturated heterocycles. The Labute approximate surface area is 153 Å². The smallest absolute Gasteiger partial charge is 0.250 e. The normalized spacial score (nSPS) is 10.3. The molecule has 0 aliphatic rings. The van der Waals surface area contributed by atoms with E-state index in [0.29, 0.717) is 13.1 Å². The van der Waals surface area contributed by atoms with Crippen LogP contribution in [0.15, 0.2) is 48.8 Å². The van der Waals surface area contributed by atoms with E-state index in [1.165, 1.54) is 0 Å². The van der Waals surface area contributed by atoms with E-state index < -0.39 is 0 Å². The molecule has 7 heteroatoms. The summed E-state index contributed by atoms with van der Waals surface area (Å²) >= 11 is 0. The minimum Gasteiger partial charge on any atom is -0.362 e. The minimum absolute atomic E-state index is 0.174. The maximum Gasteiger partial charge on any atom is 0.250 e. The fraction of sp³-hybridized carbons (Fsp3) is 0.316. The molecule has 7 nitrogen and oxygen atoms in total. The van der Waals surface area contributed by atoms with Gasteiger partial charge in [-0.25, -0.2) is 0 Å². The van der Waals surface area contributed by atoms with Crippen molar-refractivity contribution < 1.29 is 14.3 Å². The van der Waals surface area contributed by atoms with Crippen molar-refractivity contribution in [1.29, 1.82) is 0 Å². The Morgan fingerprint density at radius 3 is 2.62 bits per heavy atom. The zero-order valence-corrected chi connectivity index (χ0v) is 14.8. The van der Waals surface area contributed by atoms with E-state index in [0.717, 1.165) is 23.4 Å². The van der Waals surface area contributed by atoms with Crippen LogP contribution in [0, 0.1) is 0 Å². The molecule has 0 aliphatic carbocycles. The SMILES string of the molecule is CCNCc1ccccc1NC(=O)COCC(=O)NCc1cccnc1. The van der Waals surface area contributed by atoms with E-state index in [1.807, 2.05) is 37.3 Å². The van der Waals surface area contributed by atoms with E-state index in [1.54, 1.807) is 18.5 Å². The lowest BCUT2D eigenvalue weighted by Crippen LogP contribution is -2.29. The van der Waals surface area contributed by atoms with Gasteiger partial charge >= 0.3 is 0 Å². The minimum atomic E-state index is -0.297. The lowest BCUT2D eigenvalue weighted by molar-refractivity contribution is -0.128. The number of hydrogen-bond acceptors (Lipinski definition) is 5. The maximum absolute atomic E-state index is 12.0. The second kappa shape index (κ2) is 11.0. The van der Waals surface area contributed by atoms with Gasteiger partial charge in [-0.2, -0.15) is 0 Å². The van der Waals surface area contributed by atoms with Gasteiger partial charge in [0.15, 0.2) is 0 Å². The number of hydrogen-bond donors (Lipinski definition) is 3. The van der Waals surface area contributed by atoms with Gasteiger partial charge in [0.1, 0.15) is 13.2 Å². The zero-order valence-electron chi connectivity index (χ0n) is 14.8. The molecule has 0 bridgehead atoms. The van der Waals surface area contributed by atoms with Crippen molar-refractivity contribution in [1.82, 2.24) is 15.6 Å². The van der Waals surface area contributed by atoms with Gasteiger partial charge in [-0.15, -0.1) is 0 Å². The Morgan fingerprint density at radius 2 is 1.85 bits per heavy atom. The van der Waals surface area contributed by atoms with Gasteiger partial charge in [-0.1, -0.05) is 31.2 Å². The summed E-state index contributed by atoms with van der Waals surface area (Å²) in [6, 6.07) is 11.2. The largest absolute Gasteiger partial charge is 0.362 e. The van der Waals surface area contributed by atoms with Crippen molar-refractivity contribution in [3.63, 3.8) is 0 Å². The topological polar surface area (TPSA) is 92.4 Å². The van der Waals surface area contributed by atoms with Gasteiger partial charge in [0, 0.05) is 31.2 Å². The van der Waals surface area contributed by atoms with Crippen LogP contribution in [0.4, 0.5) is 5.69 Å². The Hall–Kier alpha value is -2.77. The van der Waals surface area contributed by atoms with Crippen LogP contribution >= 0.6 is 0 Å². The molecule has 1 aromatic heterocycles. The molecule has 0 fully saturated rings. The quantitative estimate of drug-likeness (QED) is 0.599. The Kier molecular flexibility index (Phi) is 8.25. The van der Waals surface area contributed by atoms with E-state index in [2.05, 4.69) is 20.9 Å². The first-order valence-electron chi connectivity index (χ1n) is 8.51. The summed E-state index contributed by atoms with van der Waals surface area (Å²) in [5.74, 6) is -0.580. The number of amides is 2. The number of nitrogens with one attached hydrogen (secondary N) is 3. The highest BCUT2D eigenvalue weighted by atomic mass is 16.5. The van der Waals surface area contributed by atoms with Crippen LogP contribution in [0.5, 0.6) is 0 Å². The summed E-state index contributed by atoms with van der Waals surface area (Å²) in [7, 11) is 0. The molecule has 138 valence electrons. The molecule has 1 aromatic carbocycles. The average molecular weight is 356 g/mol.